The molecular weight excluding hydrogens is 218 g/mol. The van der Waals surface area contributed by atoms with E-state index < -0.39 is 16.5 Å². The van der Waals surface area contributed by atoms with E-state index in [2.05, 4.69) is 43.4 Å². The van der Waals surface area contributed by atoms with Gasteiger partial charge in [0.15, 0.2) is 0 Å². The maximum absolute atomic E-state index is 2.77. The molecular formula is C10H25GaN2. The minimum atomic E-state index is -1.03. The average Bonchev–Trinajstić information content (AvgIpc) is 2.11. The Kier molecular flexibility index (Phi) is 8.25. The first-order valence-electron chi connectivity index (χ1n) is 5.54. The van der Waals surface area contributed by atoms with Gasteiger partial charge in [-0.1, -0.05) is 0 Å². The SMILES string of the molecule is CC[N](CCN(C)C)[Ga]([CH2]C)[CH2]C. The van der Waals surface area contributed by atoms with Crippen LogP contribution in [0.3, 0.4) is 0 Å². The number of hydrogen-bond donors (Lipinski definition) is 0. The van der Waals surface area contributed by atoms with Crippen LogP contribution in [0.1, 0.15) is 20.8 Å². The first-order valence-corrected chi connectivity index (χ1v) is 10.0. The molecule has 13 heavy (non-hydrogen) atoms. The number of hydrogen-bond acceptors (Lipinski definition) is 2. The average molecular weight is 243 g/mol. The van der Waals surface area contributed by atoms with Crippen molar-refractivity contribution < 1.29 is 0 Å². The van der Waals surface area contributed by atoms with Gasteiger partial charge in [0, 0.05) is 0 Å². The summed E-state index contributed by atoms with van der Waals surface area (Å²) in [7, 11) is 4.32. The topological polar surface area (TPSA) is 6.48 Å². The summed E-state index contributed by atoms with van der Waals surface area (Å²) >= 11 is -1.03. The van der Waals surface area contributed by atoms with Gasteiger partial charge in [-0.2, -0.15) is 0 Å². The summed E-state index contributed by atoms with van der Waals surface area (Å²) in [6.45, 7) is 10.8. The van der Waals surface area contributed by atoms with Crippen LogP contribution in [-0.4, -0.2) is 58.7 Å². The second-order valence-corrected chi connectivity index (χ2v) is 11.6. The van der Waals surface area contributed by atoms with Crippen LogP contribution in [0.4, 0.5) is 0 Å². The molecule has 0 heterocycles. The molecule has 0 aliphatic heterocycles. The zero-order valence-electron chi connectivity index (χ0n) is 10.0. The van der Waals surface area contributed by atoms with E-state index in [0.717, 1.165) is 0 Å². The Morgan fingerprint density at radius 3 is 1.77 bits per heavy atom. The van der Waals surface area contributed by atoms with Crippen LogP contribution in [0.2, 0.25) is 9.95 Å². The summed E-state index contributed by atoms with van der Waals surface area (Å²) in [5, 5.41) is 0. The predicted octanol–water partition coefficient (Wildman–Crippen LogP) is 1.90. The Balaban J connectivity index is 3.85. The van der Waals surface area contributed by atoms with Crippen molar-refractivity contribution in [3.63, 3.8) is 0 Å². The zero-order valence-corrected chi connectivity index (χ0v) is 12.4. The van der Waals surface area contributed by atoms with Gasteiger partial charge in [-0.3, -0.25) is 0 Å². The molecule has 0 aromatic carbocycles. The summed E-state index contributed by atoms with van der Waals surface area (Å²) in [5.41, 5.74) is 0. The summed E-state index contributed by atoms with van der Waals surface area (Å²) in [5.74, 6) is 0. The molecule has 0 aromatic heterocycles. The Morgan fingerprint density at radius 2 is 1.46 bits per heavy atom. The predicted molar refractivity (Wildman–Crippen MR) is 62.5 cm³/mol. The molecule has 0 rings (SSSR count). The number of rotatable bonds is 7. The van der Waals surface area contributed by atoms with Gasteiger partial charge in [0.1, 0.15) is 0 Å². The van der Waals surface area contributed by atoms with Crippen molar-refractivity contribution in [1.29, 1.82) is 0 Å². The third-order valence-corrected chi connectivity index (χ3v) is 10.1. The Morgan fingerprint density at radius 1 is 0.923 bits per heavy atom. The summed E-state index contributed by atoms with van der Waals surface area (Å²) < 4.78 is 2.77. The summed E-state index contributed by atoms with van der Waals surface area (Å²) in [6, 6.07) is 0. The van der Waals surface area contributed by atoms with Crippen LogP contribution in [-0.2, 0) is 0 Å². The maximum atomic E-state index is 2.77. The quantitative estimate of drug-likeness (QED) is 0.630. The molecule has 78 valence electrons. The van der Waals surface area contributed by atoms with Crippen LogP contribution in [0.15, 0.2) is 0 Å². The van der Waals surface area contributed by atoms with E-state index in [-0.39, 0.29) is 0 Å². The third kappa shape index (κ3) is 5.78. The van der Waals surface area contributed by atoms with E-state index in [4.69, 9.17) is 0 Å². The molecule has 2 nitrogen and oxygen atoms in total. The van der Waals surface area contributed by atoms with Gasteiger partial charge in [0.2, 0.25) is 0 Å². The molecule has 0 aliphatic rings. The molecule has 0 saturated heterocycles. The molecule has 0 aromatic rings. The van der Waals surface area contributed by atoms with Crippen LogP contribution in [0.25, 0.3) is 0 Å². The number of likely N-dealkylation sites (N-methyl/N-ethyl adjacent to an activating group) is 2. The third-order valence-electron chi connectivity index (χ3n) is 2.70. The second kappa shape index (κ2) is 7.91. The second-order valence-electron chi connectivity index (χ2n) is 3.90. The molecule has 3 heteroatoms. The van der Waals surface area contributed by atoms with Crippen LogP contribution in [0.5, 0.6) is 0 Å². The van der Waals surface area contributed by atoms with Gasteiger partial charge in [-0.15, -0.1) is 0 Å². The van der Waals surface area contributed by atoms with E-state index in [1.165, 1.54) is 29.6 Å². The Labute approximate surface area is 89.6 Å². The summed E-state index contributed by atoms with van der Waals surface area (Å²) in [6.07, 6.45) is 0. The zero-order chi connectivity index (χ0) is 10.3. The van der Waals surface area contributed by atoms with E-state index >= 15 is 0 Å². The molecule has 0 saturated carbocycles. The molecule has 0 atom stereocenters. The Bertz CT molecular complexity index is 113. The van der Waals surface area contributed by atoms with E-state index in [1.54, 1.807) is 0 Å². The normalized spacial score (nSPS) is 11.3. The fourth-order valence-electron chi connectivity index (χ4n) is 1.73. The van der Waals surface area contributed by atoms with Gasteiger partial charge in [0.25, 0.3) is 0 Å². The van der Waals surface area contributed by atoms with Crippen molar-refractivity contribution >= 4 is 16.5 Å². The van der Waals surface area contributed by atoms with E-state index in [0.29, 0.717) is 0 Å². The van der Waals surface area contributed by atoms with Gasteiger partial charge in [-0.25, -0.2) is 0 Å². The molecule has 0 fully saturated rings. The summed E-state index contributed by atoms with van der Waals surface area (Å²) in [4.78, 5) is 5.21. The molecule has 0 aliphatic carbocycles. The monoisotopic (exact) mass is 242 g/mol. The van der Waals surface area contributed by atoms with Crippen molar-refractivity contribution in [3.8, 4) is 0 Å². The van der Waals surface area contributed by atoms with Gasteiger partial charge in [0.05, 0.1) is 0 Å². The fraction of sp³-hybridized carbons (Fsp3) is 1.00. The molecule has 0 bridgehead atoms. The molecule has 0 spiro atoms. The standard InChI is InChI=1S/C6H15N2.2C2H5.Ga/c1-4-7-5-6-8(2)3;2*1-2;/h4-6H2,1-3H3;2*1H2,2H3;/q-1;;;+1. The van der Waals surface area contributed by atoms with Crippen molar-refractivity contribution in [3.05, 3.63) is 0 Å². The van der Waals surface area contributed by atoms with Crippen LogP contribution in [0, 0.1) is 0 Å². The Hall–Kier alpha value is 0.556. The van der Waals surface area contributed by atoms with Crippen molar-refractivity contribution in [1.82, 2.24) is 8.51 Å². The molecule has 0 N–H and O–H groups in total. The van der Waals surface area contributed by atoms with E-state index in [1.807, 2.05) is 0 Å². The van der Waals surface area contributed by atoms with Crippen molar-refractivity contribution in [2.24, 2.45) is 0 Å². The fourth-order valence-corrected chi connectivity index (χ4v) is 7.20. The first-order chi connectivity index (χ1) is 6.15. The molecule has 0 unspecified atom stereocenters. The van der Waals surface area contributed by atoms with Crippen LogP contribution < -0.4 is 0 Å². The van der Waals surface area contributed by atoms with E-state index in [9.17, 15) is 0 Å². The molecule has 0 radical (unpaired) electrons. The molecule has 0 amide bonds. The van der Waals surface area contributed by atoms with Gasteiger partial charge in [-0.05, 0) is 0 Å². The van der Waals surface area contributed by atoms with Crippen molar-refractivity contribution in [2.75, 3.05) is 33.7 Å². The first kappa shape index (κ1) is 13.6. The minimum absolute atomic E-state index is 1.03. The van der Waals surface area contributed by atoms with Gasteiger partial charge < -0.3 is 0 Å². The van der Waals surface area contributed by atoms with Crippen molar-refractivity contribution in [2.45, 2.75) is 30.7 Å². The number of nitrogens with zero attached hydrogens (tertiary/aromatic N) is 2. The van der Waals surface area contributed by atoms with Gasteiger partial charge >= 0.3 is 89.4 Å². The van der Waals surface area contributed by atoms with Crippen LogP contribution >= 0.6 is 0 Å².